The molecule has 1 saturated carbocycles. The Labute approximate surface area is 96.4 Å². The minimum Gasteiger partial charge on any atom is -0.299 e. The number of carbonyl (C=O) groups excluding carboxylic acids is 2. The number of carbonyl (C=O) groups is 2. The van der Waals surface area contributed by atoms with Crippen LogP contribution in [0.1, 0.15) is 39.5 Å². The number of ketones is 2. The van der Waals surface area contributed by atoms with Crippen LogP contribution < -0.4 is 0 Å². The Hall–Kier alpha value is 0.170. The third-order valence-corrected chi connectivity index (χ3v) is 5.24. The van der Waals surface area contributed by atoms with E-state index in [9.17, 15) is 9.59 Å². The van der Waals surface area contributed by atoms with Crippen molar-refractivity contribution in [2.75, 3.05) is 0 Å². The van der Waals surface area contributed by atoms with Crippen LogP contribution in [-0.2, 0) is 9.59 Å². The fraction of sp³-hybridized carbons (Fsp3) is 0.800. The largest absolute Gasteiger partial charge is 0.299 e. The predicted octanol–water partition coefficient (Wildman–Crippen LogP) is 3.14. The molecule has 80 valence electrons. The number of hydrogen-bond donors (Lipinski definition) is 0. The van der Waals surface area contributed by atoms with Gasteiger partial charge in [0.05, 0.1) is 5.25 Å². The van der Waals surface area contributed by atoms with Crippen LogP contribution >= 0.6 is 25.0 Å². The van der Waals surface area contributed by atoms with Gasteiger partial charge in [-0.15, -0.1) is 0 Å². The van der Waals surface area contributed by atoms with E-state index in [-0.39, 0.29) is 22.2 Å². The Morgan fingerprint density at radius 2 is 1.79 bits per heavy atom. The zero-order chi connectivity index (χ0) is 10.8. The lowest BCUT2D eigenvalue weighted by atomic mass is 9.77. The maximum absolute atomic E-state index is 11.7. The standard InChI is InChI=1S/C10H15BrO2S/c1-7(12)9(14-11)10(8(2)13)5-3-4-6-10/h9H,3-6H2,1-2H3. The average Bonchev–Trinajstić information content (AvgIpc) is 2.54. The lowest BCUT2D eigenvalue weighted by Crippen LogP contribution is -2.40. The van der Waals surface area contributed by atoms with Crippen molar-refractivity contribution in [1.29, 1.82) is 0 Å². The van der Waals surface area contributed by atoms with Crippen molar-refractivity contribution in [3.63, 3.8) is 0 Å². The molecule has 1 aliphatic rings. The molecule has 14 heavy (non-hydrogen) atoms. The van der Waals surface area contributed by atoms with Gasteiger partial charge in [0, 0.05) is 5.41 Å². The lowest BCUT2D eigenvalue weighted by Gasteiger charge is -2.31. The van der Waals surface area contributed by atoms with Crippen molar-refractivity contribution < 1.29 is 9.59 Å². The molecule has 0 radical (unpaired) electrons. The topological polar surface area (TPSA) is 34.1 Å². The van der Waals surface area contributed by atoms with Crippen molar-refractivity contribution in [1.82, 2.24) is 0 Å². The minimum absolute atomic E-state index is 0.101. The molecule has 0 aromatic heterocycles. The maximum atomic E-state index is 11.7. The Kier molecular flexibility index (Phi) is 4.19. The fourth-order valence-corrected chi connectivity index (χ4v) is 4.90. The smallest absolute Gasteiger partial charge is 0.144 e. The lowest BCUT2D eigenvalue weighted by molar-refractivity contribution is -0.130. The van der Waals surface area contributed by atoms with Crippen LogP contribution in [0, 0.1) is 5.41 Å². The summed E-state index contributed by atoms with van der Waals surface area (Å²) in [7, 11) is 1.34. The van der Waals surface area contributed by atoms with Crippen LogP contribution in [-0.4, -0.2) is 16.8 Å². The zero-order valence-electron chi connectivity index (χ0n) is 8.51. The Bertz CT molecular complexity index is 247. The highest BCUT2D eigenvalue weighted by Gasteiger charge is 2.47. The second-order valence-corrected chi connectivity index (χ2v) is 5.77. The number of halogens is 1. The molecule has 0 saturated heterocycles. The molecule has 4 heteroatoms. The summed E-state index contributed by atoms with van der Waals surface area (Å²) in [6, 6.07) is 0. The van der Waals surface area contributed by atoms with Gasteiger partial charge in [-0.3, -0.25) is 9.59 Å². The predicted molar refractivity (Wildman–Crippen MR) is 62.6 cm³/mol. The molecule has 0 bridgehead atoms. The number of hydrogen-bond acceptors (Lipinski definition) is 3. The van der Waals surface area contributed by atoms with E-state index in [1.54, 1.807) is 13.8 Å². The van der Waals surface area contributed by atoms with E-state index in [1.165, 1.54) is 10.2 Å². The molecule has 0 amide bonds. The molecule has 1 fully saturated rings. The van der Waals surface area contributed by atoms with Gasteiger partial charge in [-0.25, -0.2) is 0 Å². The minimum atomic E-state index is -0.389. The summed E-state index contributed by atoms with van der Waals surface area (Å²) in [4.78, 5) is 23.2. The van der Waals surface area contributed by atoms with E-state index in [0.29, 0.717) is 0 Å². The van der Waals surface area contributed by atoms with E-state index in [1.807, 2.05) is 0 Å². The van der Waals surface area contributed by atoms with Gasteiger partial charge in [-0.05, 0) is 41.5 Å². The molecule has 0 aromatic rings. The van der Waals surface area contributed by atoms with Gasteiger partial charge in [-0.2, -0.15) is 0 Å². The number of Topliss-reactive ketones (excluding diaryl/α,β-unsaturated/α-hetero) is 2. The molecule has 2 nitrogen and oxygen atoms in total. The molecule has 0 heterocycles. The third kappa shape index (κ3) is 2.06. The second kappa shape index (κ2) is 4.79. The van der Waals surface area contributed by atoms with Crippen LogP contribution in [0.2, 0.25) is 0 Å². The first-order valence-corrected chi connectivity index (χ1v) is 7.56. The highest BCUT2D eigenvalue weighted by atomic mass is 79.9. The van der Waals surface area contributed by atoms with Crippen LogP contribution in [0.15, 0.2) is 0 Å². The monoisotopic (exact) mass is 278 g/mol. The van der Waals surface area contributed by atoms with Gasteiger partial charge in [-0.1, -0.05) is 23.0 Å². The summed E-state index contributed by atoms with van der Waals surface area (Å²) in [6.45, 7) is 3.19. The van der Waals surface area contributed by atoms with E-state index in [4.69, 9.17) is 0 Å². The Morgan fingerprint density at radius 3 is 2.07 bits per heavy atom. The summed E-state index contributed by atoms with van der Waals surface area (Å²) in [6.07, 6.45) is 3.87. The Morgan fingerprint density at radius 1 is 1.29 bits per heavy atom. The molecule has 0 aromatic carbocycles. The van der Waals surface area contributed by atoms with Crippen LogP contribution in [0.5, 0.6) is 0 Å². The Balaban J connectivity index is 2.96. The van der Waals surface area contributed by atoms with Gasteiger partial charge in [0.25, 0.3) is 0 Å². The molecular weight excluding hydrogens is 264 g/mol. The average molecular weight is 279 g/mol. The van der Waals surface area contributed by atoms with Crippen molar-refractivity contribution in [3.05, 3.63) is 0 Å². The van der Waals surface area contributed by atoms with Crippen molar-refractivity contribution in [2.45, 2.75) is 44.8 Å². The van der Waals surface area contributed by atoms with Crippen molar-refractivity contribution in [3.8, 4) is 0 Å². The molecule has 0 N–H and O–H groups in total. The van der Waals surface area contributed by atoms with E-state index >= 15 is 0 Å². The molecule has 1 atom stereocenters. The summed E-state index contributed by atoms with van der Waals surface area (Å²) < 4.78 is 0. The molecule has 0 aliphatic heterocycles. The zero-order valence-corrected chi connectivity index (χ0v) is 10.9. The first-order valence-electron chi connectivity index (χ1n) is 4.83. The van der Waals surface area contributed by atoms with Crippen LogP contribution in [0.3, 0.4) is 0 Å². The highest BCUT2D eigenvalue weighted by Crippen LogP contribution is 2.48. The first-order chi connectivity index (χ1) is 6.54. The van der Waals surface area contributed by atoms with Gasteiger partial charge < -0.3 is 0 Å². The normalized spacial score (nSPS) is 21.9. The van der Waals surface area contributed by atoms with Gasteiger partial charge in [0.15, 0.2) is 0 Å². The first kappa shape index (κ1) is 12.2. The quantitative estimate of drug-likeness (QED) is 0.792. The van der Waals surface area contributed by atoms with Gasteiger partial charge in [0.1, 0.15) is 11.6 Å². The number of rotatable bonds is 4. The maximum Gasteiger partial charge on any atom is 0.144 e. The van der Waals surface area contributed by atoms with Crippen LogP contribution in [0.25, 0.3) is 0 Å². The molecule has 1 aliphatic carbocycles. The third-order valence-electron chi connectivity index (χ3n) is 3.16. The highest BCUT2D eigenvalue weighted by molar-refractivity contribution is 9.50. The molecule has 0 spiro atoms. The SMILES string of the molecule is CC(=O)C(SBr)C1(C(C)=O)CCCC1. The van der Waals surface area contributed by atoms with Crippen molar-refractivity contribution >= 4 is 36.6 Å². The van der Waals surface area contributed by atoms with Gasteiger partial charge in [0.2, 0.25) is 0 Å². The van der Waals surface area contributed by atoms with E-state index < -0.39 is 0 Å². The summed E-state index contributed by atoms with van der Waals surface area (Å²) >= 11 is 3.27. The van der Waals surface area contributed by atoms with Gasteiger partial charge >= 0.3 is 0 Å². The molecular formula is C10H15BrO2S. The van der Waals surface area contributed by atoms with E-state index in [0.717, 1.165) is 25.7 Å². The second-order valence-electron chi connectivity index (χ2n) is 4.00. The fourth-order valence-electron chi connectivity index (χ4n) is 2.34. The van der Waals surface area contributed by atoms with E-state index in [2.05, 4.69) is 14.8 Å². The molecule has 1 rings (SSSR count). The summed E-state index contributed by atoms with van der Waals surface area (Å²) in [5.41, 5.74) is -0.389. The summed E-state index contributed by atoms with van der Waals surface area (Å²) in [5.74, 6) is 0.270. The summed E-state index contributed by atoms with van der Waals surface area (Å²) in [5, 5.41) is -0.206. The van der Waals surface area contributed by atoms with Crippen LogP contribution in [0.4, 0.5) is 0 Å². The van der Waals surface area contributed by atoms with Crippen molar-refractivity contribution in [2.24, 2.45) is 5.41 Å². The molecule has 1 unspecified atom stereocenters.